The predicted molar refractivity (Wildman–Crippen MR) is 39.9 cm³/mol. The first-order valence-corrected chi connectivity index (χ1v) is 3.88. The summed E-state index contributed by atoms with van der Waals surface area (Å²) in [6, 6.07) is 0. The zero-order chi connectivity index (χ0) is 8.43. The van der Waals surface area contributed by atoms with E-state index in [-0.39, 0.29) is 5.69 Å². The fraction of sp³-hybridized carbons (Fsp3) is 0.333. The van der Waals surface area contributed by atoms with Gasteiger partial charge in [0.15, 0.2) is 0 Å². The van der Waals surface area contributed by atoms with Gasteiger partial charge in [-0.15, -0.1) is 0 Å². The number of nitrogens with zero attached hydrogens (tertiary/aromatic N) is 2. The van der Waals surface area contributed by atoms with Crippen molar-refractivity contribution in [2.45, 2.75) is 13.5 Å². The van der Waals surface area contributed by atoms with E-state index in [1.807, 2.05) is 6.92 Å². The molecule has 0 spiro atoms. The first-order valence-electron chi connectivity index (χ1n) is 3.09. The number of rotatable bonds is 2. The van der Waals surface area contributed by atoms with Crippen LogP contribution >= 0.6 is 15.9 Å². The first-order chi connectivity index (χ1) is 5.16. The van der Waals surface area contributed by atoms with E-state index in [4.69, 9.17) is 0 Å². The van der Waals surface area contributed by atoms with E-state index in [0.717, 1.165) is 0 Å². The van der Waals surface area contributed by atoms with Crippen molar-refractivity contribution in [3.63, 3.8) is 0 Å². The fourth-order valence-corrected chi connectivity index (χ4v) is 1.26. The molecule has 0 saturated carbocycles. The lowest BCUT2D eigenvalue weighted by Crippen LogP contribution is -2.26. The molecule has 1 aromatic rings. The number of hydrogen-bond acceptors (Lipinski definition) is 3. The van der Waals surface area contributed by atoms with Gasteiger partial charge in [-0.3, -0.25) is 4.68 Å². The Hall–Kier alpha value is -0.840. The van der Waals surface area contributed by atoms with Gasteiger partial charge in [0.05, 0.1) is 22.3 Å². The number of carbonyl (C=O) groups excluding carboxylic acids is 1. The normalized spacial score (nSPS) is 10.0. The number of aryl methyl sites for hydroxylation is 1. The largest absolute Gasteiger partial charge is 0.543 e. The molecule has 11 heavy (non-hydrogen) atoms. The van der Waals surface area contributed by atoms with E-state index < -0.39 is 5.97 Å². The second kappa shape index (κ2) is 3.04. The van der Waals surface area contributed by atoms with E-state index in [2.05, 4.69) is 21.0 Å². The van der Waals surface area contributed by atoms with Crippen molar-refractivity contribution in [1.82, 2.24) is 9.78 Å². The molecule has 0 amide bonds. The van der Waals surface area contributed by atoms with Crippen LogP contribution in [0.5, 0.6) is 0 Å². The van der Waals surface area contributed by atoms with Gasteiger partial charge in [0, 0.05) is 6.54 Å². The summed E-state index contributed by atoms with van der Waals surface area (Å²) >= 11 is 3.05. The number of hydrogen-bond donors (Lipinski definition) is 0. The molecule has 0 aliphatic rings. The fourth-order valence-electron chi connectivity index (χ4n) is 0.805. The molecular weight excluding hydrogens is 212 g/mol. The molecule has 0 radical (unpaired) electrons. The molecule has 5 heteroatoms. The topological polar surface area (TPSA) is 58.0 Å². The zero-order valence-corrected chi connectivity index (χ0v) is 7.46. The zero-order valence-electron chi connectivity index (χ0n) is 5.87. The van der Waals surface area contributed by atoms with Crippen LogP contribution in [0.2, 0.25) is 0 Å². The summed E-state index contributed by atoms with van der Waals surface area (Å²) in [7, 11) is 0. The highest BCUT2D eigenvalue weighted by Crippen LogP contribution is 2.14. The van der Waals surface area contributed by atoms with Crippen molar-refractivity contribution >= 4 is 21.9 Å². The van der Waals surface area contributed by atoms with Crippen molar-refractivity contribution in [3.8, 4) is 0 Å². The molecule has 0 atom stereocenters. The Morgan fingerprint density at radius 1 is 1.91 bits per heavy atom. The maximum absolute atomic E-state index is 10.5. The lowest BCUT2D eigenvalue weighted by Gasteiger charge is -2.04. The molecule has 60 valence electrons. The van der Waals surface area contributed by atoms with Crippen LogP contribution in [-0.2, 0) is 6.54 Å². The summed E-state index contributed by atoms with van der Waals surface area (Å²) in [6.45, 7) is 2.33. The minimum absolute atomic E-state index is 0.0903. The third-order valence-corrected chi connectivity index (χ3v) is 1.87. The number of carboxylic acids is 1. The molecule has 0 aromatic carbocycles. The Morgan fingerprint density at radius 3 is 2.91 bits per heavy atom. The molecule has 0 aliphatic heterocycles. The molecule has 0 fully saturated rings. The molecule has 0 saturated heterocycles. The minimum Gasteiger partial charge on any atom is -0.543 e. The molecule has 1 heterocycles. The number of carboxylic acid groups (broad SMARTS) is 1. The smallest absolute Gasteiger partial charge is 0.0979 e. The van der Waals surface area contributed by atoms with Crippen LogP contribution in [0.1, 0.15) is 17.4 Å². The highest BCUT2D eigenvalue weighted by molar-refractivity contribution is 9.10. The third kappa shape index (κ3) is 1.42. The van der Waals surface area contributed by atoms with Crippen molar-refractivity contribution in [3.05, 3.63) is 16.4 Å². The highest BCUT2D eigenvalue weighted by atomic mass is 79.9. The van der Waals surface area contributed by atoms with Gasteiger partial charge in [-0.05, 0) is 22.9 Å². The number of aromatic carboxylic acids is 1. The Kier molecular flexibility index (Phi) is 2.28. The van der Waals surface area contributed by atoms with E-state index in [1.54, 1.807) is 0 Å². The average Bonchev–Trinajstić information content (AvgIpc) is 2.30. The van der Waals surface area contributed by atoms with Gasteiger partial charge in [-0.2, -0.15) is 5.10 Å². The Bertz CT molecular complexity index is 282. The quantitative estimate of drug-likeness (QED) is 0.703. The van der Waals surface area contributed by atoms with Crippen LogP contribution < -0.4 is 5.11 Å². The van der Waals surface area contributed by atoms with Gasteiger partial charge in [0.1, 0.15) is 0 Å². The monoisotopic (exact) mass is 217 g/mol. The van der Waals surface area contributed by atoms with Crippen LogP contribution in [0.15, 0.2) is 10.7 Å². The third-order valence-electron chi connectivity index (χ3n) is 1.29. The van der Waals surface area contributed by atoms with Crippen molar-refractivity contribution in [2.75, 3.05) is 0 Å². The summed E-state index contributed by atoms with van der Waals surface area (Å²) in [5.41, 5.74) is 0.0903. The van der Waals surface area contributed by atoms with Gasteiger partial charge in [-0.1, -0.05) is 0 Å². The second-order valence-electron chi connectivity index (χ2n) is 1.94. The molecular formula is C6H6BrN2O2-. The molecule has 1 rings (SSSR count). The number of carbonyl (C=O) groups is 1. The highest BCUT2D eigenvalue weighted by Gasteiger charge is 2.06. The summed E-state index contributed by atoms with van der Waals surface area (Å²) in [5, 5.41) is 14.3. The number of halogens is 1. The number of aromatic nitrogens is 2. The van der Waals surface area contributed by atoms with E-state index in [9.17, 15) is 9.90 Å². The molecule has 0 aliphatic carbocycles. The van der Waals surface area contributed by atoms with Gasteiger partial charge in [0.2, 0.25) is 0 Å². The molecule has 4 nitrogen and oxygen atoms in total. The second-order valence-corrected chi connectivity index (χ2v) is 2.80. The summed E-state index contributed by atoms with van der Waals surface area (Å²) < 4.78 is 1.82. The van der Waals surface area contributed by atoms with Crippen molar-refractivity contribution < 1.29 is 9.90 Å². The summed E-state index contributed by atoms with van der Waals surface area (Å²) in [6.07, 6.45) is 1.44. The Morgan fingerprint density at radius 2 is 2.55 bits per heavy atom. The van der Waals surface area contributed by atoms with Gasteiger partial charge >= 0.3 is 0 Å². The van der Waals surface area contributed by atoms with E-state index in [1.165, 1.54) is 10.9 Å². The molecule has 0 unspecified atom stereocenters. The van der Waals surface area contributed by atoms with Crippen molar-refractivity contribution in [2.24, 2.45) is 0 Å². The SMILES string of the molecule is CCn1ncc(Br)c1C(=O)[O-]. The van der Waals surface area contributed by atoms with Gasteiger partial charge in [0.25, 0.3) is 0 Å². The minimum atomic E-state index is -1.21. The predicted octanol–water partition coefficient (Wildman–Crippen LogP) is 0.0290. The van der Waals surface area contributed by atoms with E-state index >= 15 is 0 Å². The van der Waals surface area contributed by atoms with Gasteiger partial charge < -0.3 is 9.90 Å². The maximum Gasteiger partial charge on any atom is 0.0979 e. The van der Waals surface area contributed by atoms with Gasteiger partial charge in [-0.25, -0.2) is 0 Å². The lowest BCUT2D eigenvalue weighted by molar-refractivity contribution is -0.255. The Balaban J connectivity index is 3.17. The van der Waals surface area contributed by atoms with Crippen molar-refractivity contribution in [1.29, 1.82) is 0 Å². The summed E-state index contributed by atoms with van der Waals surface area (Å²) in [5.74, 6) is -1.21. The van der Waals surface area contributed by atoms with Crippen LogP contribution in [0.4, 0.5) is 0 Å². The van der Waals surface area contributed by atoms with Crippen LogP contribution in [0.25, 0.3) is 0 Å². The first kappa shape index (κ1) is 8.26. The van der Waals surface area contributed by atoms with Crippen LogP contribution in [0, 0.1) is 0 Å². The molecule has 0 bridgehead atoms. The Labute approximate surface area is 72.0 Å². The standard InChI is InChI=1S/C6H7BrN2O2/c1-2-9-5(6(10)11)4(7)3-8-9/h3H,2H2,1H3,(H,10,11)/p-1. The summed E-state index contributed by atoms with van der Waals surface area (Å²) in [4.78, 5) is 10.5. The van der Waals surface area contributed by atoms with E-state index in [0.29, 0.717) is 11.0 Å². The molecule has 0 N–H and O–H groups in total. The lowest BCUT2D eigenvalue weighted by atomic mass is 10.4. The van der Waals surface area contributed by atoms with Crippen LogP contribution in [0.3, 0.4) is 0 Å². The average molecular weight is 218 g/mol. The van der Waals surface area contributed by atoms with Crippen LogP contribution in [-0.4, -0.2) is 15.7 Å². The maximum atomic E-state index is 10.5. The molecule has 1 aromatic heterocycles.